The third-order valence-corrected chi connectivity index (χ3v) is 3.92. The Morgan fingerprint density at radius 3 is 2.65 bits per heavy atom. The van der Waals surface area contributed by atoms with E-state index in [-0.39, 0.29) is 6.61 Å². The lowest BCUT2D eigenvalue weighted by Gasteiger charge is -2.10. The third-order valence-electron chi connectivity index (χ3n) is 2.93. The van der Waals surface area contributed by atoms with Crippen molar-refractivity contribution >= 4 is 17.7 Å². The van der Waals surface area contributed by atoms with E-state index in [1.165, 1.54) is 0 Å². The highest BCUT2D eigenvalue weighted by molar-refractivity contribution is 7.98. The Labute approximate surface area is 122 Å². The molecule has 0 amide bonds. The fraction of sp³-hybridized carbons (Fsp3) is 0.188. The van der Waals surface area contributed by atoms with E-state index in [1.807, 2.05) is 30.3 Å². The molecule has 0 aliphatic rings. The summed E-state index contributed by atoms with van der Waals surface area (Å²) in [4.78, 5) is 11.0. The molecular weight excluding hydrogens is 272 g/mol. The molecule has 0 radical (unpaired) electrons. The molecule has 0 aliphatic heterocycles. The number of aromatic carboxylic acids is 1. The summed E-state index contributed by atoms with van der Waals surface area (Å²) in [6.07, 6.45) is 0. The highest BCUT2D eigenvalue weighted by Crippen LogP contribution is 2.27. The van der Waals surface area contributed by atoms with E-state index in [9.17, 15) is 4.79 Å². The van der Waals surface area contributed by atoms with E-state index >= 15 is 0 Å². The Hall–Kier alpha value is -1.78. The number of aliphatic hydroxyl groups is 1. The normalized spacial score (nSPS) is 10.4. The van der Waals surface area contributed by atoms with E-state index in [0.717, 1.165) is 22.4 Å². The van der Waals surface area contributed by atoms with E-state index < -0.39 is 5.97 Å². The van der Waals surface area contributed by atoms with Crippen molar-refractivity contribution in [2.45, 2.75) is 5.75 Å². The number of hydrogen-bond donors (Lipinski definition) is 2. The number of carboxylic acids is 1. The van der Waals surface area contributed by atoms with Crippen molar-refractivity contribution in [3.8, 4) is 11.1 Å². The number of hydrogen-bond acceptors (Lipinski definition) is 3. The van der Waals surface area contributed by atoms with Crippen molar-refractivity contribution < 1.29 is 15.0 Å². The van der Waals surface area contributed by atoms with Crippen LogP contribution >= 0.6 is 11.8 Å². The van der Waals surface area contributed by atoms with Crippen LogP contribution in [0.4, 0.5) is 0 Å². The zero-order valence-corrected chi connectivity index (χ0v) is 11.8. The molecule has 0 heterocycles. The Kier molecular flexibility index (Phi) is 5.21. The predicted molar refractivity (Wildman–Crippen MR) is 82.1 cm³/mol. The van der Waals surface area contributed by atoms with Gasteiger partial charge in [0.1, 0.15) is 0 Å². The largest absolute Gasteiger partial charge is 0.478 e. The molecule has 2 N–H and O–H groups in total. The van der Waals surface area contributed by atoms with Gasteiger partial charge in [0.25, 0.3) is 0 Å². The fourth-order valence-electron chi connectivity index (χ4n) is 1.99. The first-order valence-electron chi connectivity index (χ1n) is 6.32. The number of thioether (sulfide) groups is 1. The number of carbonyl (C=O) groups is 1. The summed E-state index contributed by atoms with van der Waals surface area (Å²) >= 11 is 1.66. The maximum Gasteiger partial charge on any atom is 0.335 e. The molecule has 4 heteroatoms. The van der Waals surface area contributed by atoms with Crippen LogP contribution < -0.4 is 0 Å². The molecule has 0 bridgehead atoms. The highest BCUT2D eigenvalue weighted by Gasteiger charge is 2.08. The molecular formula is C16H16O3S. The standard InChI is InChI=1S/C16H16O3S/c17-8-9-20-11-14-4-1-2-7-15(14)12-5-3-6-13(10-12)16(18)19/h1-7,10,17H,8-9,11H2,(H,18,19). The molecule has 2 aromatic rings. The average molecular weight is 288 g/mol. The van der Waals surface area contributed by atoms with Crippen LogP contribution in [0.5, 0.6) is 0 Å². The molecule has 0 fully saturated rings. The topological polar surface area (TPSA) is 57.5 Å². The molecule has 0 unspecified atom stereocenters. The monoisotopic (exact) mass is 288 g/mol. The summed E-state index contributed by atoms with van der Waals surface area (Å²) in [7, 11) is 0. The molecule has 0 aliphatic carbocycles. The van der Waals surface area contributed by atoms with Crippen LogP contribution in [0.15, 0.2) is 48.5 Å². The van der Waals surface area contributed by atoms with Gasteiger partial charge in [-0.3, -0.25) is 0 Å². The van der Waals surface area contributed by atoms with Crippen LogP contribution in [0.3, 0.4) is 0 Å². The van der Waals surface area contributed by atoms with Crippen LogP contribution in [0.25, 0.3) is 11.1 Å². The van der Waals surface area contributed by atoms with Gasteiger partial charge in [0, 0.05) is 11.5 Å². The second kappa shape index (κ2) is 7.12. The van der Waals surface area contributed by atoms with E-state index in [1.54, 1.807) is 30.0 Å². The van der Waals surface area contributed by atoms with Crippen LogP contribution in [0.1, 0.15) is 15.9 Å². The highest BCUT2D eigenvalue weighted by atomic mass is 32.2. The van der Waals surface area contributed by atoms with Crippen molar-refractivity contribution in [1.82, 2.24) is 0 Å². The minimum atomic E-state index is -0.918. The predicted octanol–water partition coefficient (Wildman–Crippen LogP) is 3.28. The van der Waals surface area contributed by atoms with Gasteiger partial charge < -0.3 is 10.2 Å². The summed E-state index contributed by atoms with van der Waals surface area (Å²) < 4.78 is 0. The van der Waals surface area contributed by atoms with Crippen LogP contribution in [-0.4, -0.2) is 28.5 Å². The van der Waals surface area contributed by atoms with Crippen molar-refractivity contribution in [3.05, 3.63) is 59.7 Å². The minimum Gasteiger partial charge on any atom is -0.478 e. The lowest BCUT2D eigenvalue weighted by molar-refractivity contribution is 0.0697. The molecule has 3 nitrogen and oxygen atoms in total. The quantitative estimate of drug-likeness (QED) is 0.801. The van der Waals surface area contributed by atoms with Crippen molar-refractivity contribution in [2.75, 3.05) is 12.4 Å². The summed E-state index contributed by atoms with van der Waals surface area (Å²) in [5, 5.41) is 17.9. The lowest BCUT2D eigenvalue weighted by Crippen LogP contribution is -1.97. The van der Waals surface area contributed by atoms with Gasteiger partial charge in [-0.05, 0) is 28.8 Å². The Morgan fingerprint density at radius 1 is 1.10 bits per heavy atom. The first kappa shape index (κ1) is 14.6. The molecule has 0 saturated heterocycles. The molecule has 0 saturated carbocycles. The van der Waals surface area contributed by atoms with Gasteiger partial charge in [-0.25, -0.2) is 4.79 Å². The van der Waals surface area contributed by atoms with E-state index in [4.69, 9.17) is 10.2 Å². The molecule has 104 valence electrons. The zero-order chi connectivity index (χ0) is 14.4. The number of aliphatic hydroxyl groups excluding tert-OH is 1. The first-order valence-corrected chi connectivity index (χ1v) is 7.48. The minimum absolute atomic E-state index is 0.168. The first-order chi connectivity index (χ1) is 9.72. The number of benzene rings is 2. The van der Waals surface area contributed by atoms with Crippen molar-refractivity contribution in [2.24, 2.45) is 0 Å². The van der Waals surface area contributed by atoms with E-state index in [2.05, 4.69) is 0 Å². The zero-order valence-electron chi connectivity index (χ0n) is 11.0. The van der Waals surface area contributed by atoms with Gasteiger partial charge in [-0.2, -0.15) is 11.8 Å². The SMILES string of the molecule is O=C(O)c1cccc(-c2ccccc2CSCCO)c1. The third kappa shape index (κ3) is 3.62. The van der Waals surface area contributed by atoms with Gasteiger partial charge in [0.2, 0.25) is 0 Å². The Balaban J connectivity index is 2.32. The second-order valence-electron chi connectivity index (χ2n) is 4.32. The summed E-state index contributed by atoms with van der Waals surface area (Å²) in [6, 6.07) is 14.9. The van der Waals surface area contributed by atoms with Crippen LogP contribution in [0, 0.1) is 0 Å². The van der Waals surface area contributed by atoms with Gasteiger partial charge in [0.15, 0.2) is 0 Å². The molecule has 20 heavy (non-hydrogen) atoms. The fourth-order valence-corrected chi connectivity index (χ4v) is 2.74. The summed E-state index contributed by atoms with van der Waals surface area (Å²) in [5.41, 5.74) is 3.39. The van der Waals surface area contributed by atoms with Crippen LogP contribution in [-0.2, 0) is 5.75 Å². The van der Waals surface area contributed by atoms with Gasteiger partial charge in [0.05, 0.1) is 12.2 Å². The maximum absolute atomic E-state index is 11.0. The molecule has 0 atom stereocenters. The second-order valence-corrected chi connectivity index (χ2v) is 5.42. The summed E-state index contributed by atoms with van der Waals surface area (Å²) in [6.45, 7) is 0.168. The maximum atomic E-state index is 11.0. The van der Waals surface area contributed by atoms with Crippen LogP contribution in [0.2, 0.25) is 0 Å². The van der Waals surface area contributed by atoms with Gasteiger partial charge >= 0.3 is 5.97 Å². The van der Waals surface area contributed by atoms with E-state index in [0.29, 0.717) is 11.3 Å². The Morgan fingerprint density at radius 2 is 1.90 bits per heavy atom. The number of rotatable bonds is 6. The molecule has 0 aromatic heterocycles. The lowest BCUT2D eigenvalue weighted by atomic mass is 9.99. The average Bonchev–Trinajstić information content (AvgIpc) is 2.48. The Bertz CT molecular complexity index is 596. The molecule has 0 spiro atoms. The number of carboxylic acid groups (broad SMARTS) is 1. The molecule has 2 rings (SSSR count). The van der Waals surface area contributed by atoms with Gasteiger partial charge in [-0.1, -0.05) is 36.4 Å². The van der Waals surface area contributed by atoms with Crippen molar-refractivity contribution in [1.29, 1.82) is 0 Å². The smallest absolute Gasteiger partial charge is 0.335 e. The summed E-state index contributed by atoms with van der Waals surface area (Å²) in [5.74, 6) is 0.580. The molecule has 2 aromatic carbocycles. The van der Waals surface area contributed by atoms with Crippen molar-refractivity contribution in [3.63, 3.8) is 0 Å². The van der Waals surface area contributed by atoms with Gasteiger partial charge in [-0.15, -0.1) is 0 Å².